The number of carbonyl (C=O) groups excluding carboxylic acids is 1. The monoisotopic (exact) mass is 250 g/mol. The van der Waals surface area contributed by atoms with Crippen LogP contribution in [0, 0.1) is 0 Å². The van der Waals surface area contributed by atoms with Crippen LogP contribution in [0.3, 0.4) is 0 Å². The van der Waals surface area contributed by atoms with Gasteiger partial charge in [0.2, 0.25) is 11.9 Å². The van der Waals surface area contributed by atoms with E-state index in [2.05, 4.69) is 20.6 Å². The van der Waals surface area contributed by atoms with Gasteiger partial charge in [-0.2, -0.15) is 9.97 Å². The van der Waals surface area contributed by atoms with Gasteiger partial charge in [0.05, 0.1) is 0 Å². The molecule has 1 fully saturated rings. The van der Waals surface area contributed by atoms with Crippen LogP contribution in [-0.2, 0) is 4.79 Å². The first-order valence-corrected chi connectivity index (χ1v) is 6.09. The van der Waals surface area contributed by atoms with Crippen LogP contribution in [0.1, 0.15) is 13.3 Å². The normalized spacial score (nSPS) is 16.1. The Kier molecular flexibility index (Phi) is 3.81. The van der Waals surface area contributed by atoms with Crippen molar-refractivity contribution >= 4 is 23.5 Å². The number of nitrogens with one attached hydrogen (secondary N) is 2. The number of hydrogen-bond donors (Lipinski definition) is 3. The highest BCUT2D eigenvalue weighted by Gasteiger charge is 2.16. The minimum atomic E-state index is 0.0754. The molecule has 1 aliphatic heterocycles. The van der Waals surface area contributed by atoms with Crippen molar-refractivity contribution in [3.8, 4) is 0 Å². The largest absolute Gasteiger partial charge is 0.370 e. The van der Waals surface area contributed by atoms with Crippen molar-refractivity contribution in [3.05, 3.63) is 6.07 Å². The van der Waals surface area contributed by atoms with E-state index in [1.807, 2.05) is 17.9 Å². The third-order valence-corrected chi connectivity index (χ3v) is 2.72. The molecule has 0 atom stereocenters. The van der Waals surface area contributed by atoms with Gasteiger partial charge in [-0.1, -0.05) is 0 Å². The van der Waals surface area contributed by atoms with Gasteiger partial charge in [-0.05, 0) is 6.92 Å². The summed E-state index contributed by atoms with van der Waals surface area (Å²) in [5.74, 6) is 1.79. The minimum Gasteiger partial charge on any atom is -0.370 e. The number of aromatic nitrogens is 2. The average molecular weight is 250 g/mol. The number of carbonyl (C=O) groups is 1. The van der Waals surface area contributed by atoms with E-state index >= 15 is 0 Å². The second-order valence-electron chi connectivity index (χ2n) is 4.09. The fourth-order valence-electron chi connectivity index (χ4n) is 1.88. The molecule has 0 bridgehead atoms. The van der Waals surface area contributed by atoms with Crippen LogP contribution in [0.15, 0.2) is 6.07 Å². The van der Waals surface area contributed by atoms with Crippen LogP contribution in [0.5, 0.6) is 0 Å². The molecule has 0 saturated carbocycles. The molecule has 98 valence electrons. The molecule has 1 saturated heterocycles. The topological polar surface area (TPSA) is 96.2 Å². The van der Waals surface area contributed by atoms with Crippen molar-refractivity contribution in [2.45, 2.75) is 13.3 Å². The highest BCUT2D eigenvalue weighted by Crippen LogP contribution is 2.17. The van der Waals surface area contributed by atoms with Gasteiger partial charge in [0.1, 0.15) is 11.6 Å². The standard InChI is InChI=1S/C11H18N6O/c1-2-13-8-7-9(16-11(12)15-8)17-5-3-10(18)14-4-6-17/h7H,2-6H2,1H3,(H,14,18)(H3,12,13,15,16). The highest BCUT2D eigenvalue weighted by molar-refractivity contribution is 5.77. The van der Waals surface area contributed by atoms with Gasteiger partial charge in [-0.3, -0.25) is 4.79 Å². The van der Waals surface area contributed by atoms with Gasteiger partial charge in [0.25, 0.3) is 0 Å². The first kappa shape index (κ1) is 12.4. The van der Waals surface area contributed by atoms with E-state index in [1.54, 1.807) is 0 Å². The smallest absolute Gasteiger partial charge is 0.223 e. The molecule has 1 aromatic rings. The Morgan fingerprint density at radius 1 is 1.50 bits per heavy atom. The lowest BCUT2D eigenvalue weighted by atomic mass is 10.3. The maximum atomic E-state index is 11.3. The molecule has 1 aliphatic rings. The van der Waals surface area contributed by atoms with E-state index in [0.717, 1.165) is 18.9 Å². The Balaban J connectivity index is 2.18. The maximum absolute atomic E-state index is 11.3. The van der Waals surface area contributed by atoms with E-state index in [0.29, 0.717) is 25.3 Å². The lowest BCUT2D eigenvalue weighted by Gasteiger charge is -2.21. The first-order valence-electron chi connectivity index (χ1n) is 6.09. The molecular weight excluding hydrogens is 232 g/mol. The number of rotatable bonds is 3. The van der Waals surface area contributed by atoms with Crippen LogP contribution in [0.2, 0.25) is 0 Å². The molecule has 18 heavy (non-hydrogen) atoms. The lowest BCUT2D eigenvalue weighted by Crippen LogP contribution is -2.29. The molecule has 0 radical (unpaired) electrons. The van der Waals surface area contributed by atoms with E-state index in [4.69, 9.17) is 5.73 Å². The predicted octanol–water partition coefficient (Wildman–Crippen LogP) is -0.183. The third-order valence-electron chi connectivity index (χ3n) is 2.72. The summed E-state index contributed by atoms with van der Waals surface area (Å²) in [5, 5.41) is 5.94. The van der Waals surface area contributed by atoms with Crippen molar-refractivity contribution in [1.82, 2.24) is 15.3 Å². The fraction of sp³-hybridized carbons (Fsp3) is 0.545. The summed E-state index contributed by atoms with van der Waals surface area (Å²) in [4.78, 5) is 21.7. The van der Waals surface area contributed by atoms with Gasteiger partial charge < -0.3 is 21.3 Å². The van der Waals surface area contributed by atoms with E-state index in [1.165, 1.54) is 0 Å². The van der Waals surface area contributed by atoms with Gasteiger partial charge in [-0.25, -0.2) is 0 Å². The van der Waals surface area contributed by atoms with E-state index < -0.39 is 0 Å². The van der Waals surface area contributed by atoms with Crippen molar-refractivity contribution < 1.29 is 4.79 Å². The molecular formula is C11H18N6O. The van der Waals surface area contributed by atoms with Gasteiger partial charge in [0, 0.05) is 38.7 Å². The van der Waals surface area contributed by atoms with Gasteiger partial charge in [-0.15, -0.1) is 0 Å². The molecule has 4 N–H and O–H groups in total. The van der Waals surface area contributed by atoms with Crippen LogP contribution in [-0.4, -0.2) is 42.1 Å². The van der Waals surface area contributed by atoms with Crippen LogP contribution in [0.25, 0.3) is 0 Å². The quantitative estimate of drug-likeness (QED) is 0.688. The first-order chi connectivity index (χ1) is 8.69. The number of nitrogens with two attached hydrogens (primary N) is 1. The zero-order valence-electron chi connectivity index (χ0n) is 10.4. The summed E-state index contributed by atoms with van der Waals surface area (Å²) in [6.07, 6.45) is 0.473. The number of nitrogen functional groups attached to an aromatic ring is 1. The van der Waals surface area contributed by atoms with Crippen molar-refractivity contribution in [3.63, 3.8) is 0 Å². The fourth-order valence-corrected chi connectivity index (χ4v) is 1.88. The Morgan fingerprint density at radius 3 is 3.11 bits per heavy atom. The number of anilines is 3. The van der Waals surface area contributed by atoms with E-state index in [-0.39, 0.29) is 11.9 Å². The van der Waals surface area contributed by atoms with Crippen molar-refractivity contribution in [2.75, 3.05) is 42.1 Å². The average Bonchev–Trinajstić information content (AvgIpc) is 2.54. The van der Waals surface area contributed by atoms with Crippen molar-refractivity contribution in [1.29, 1.82) is 0 Å². The molecule has 2 rings (SSSR count). The lowest BCUT2D eigenvalue weighted by molar-refractivity contribution is -0.120. The van der Waals surface area contributed by atoms with Gasteiger partial charge in [0.15, 0.2) is 0 Å². The molecule has 7 nitrogen and oxygen atoms in total. The molecule has 0 spiro atoms. The Bertz CT molecular complexity index is 436. The summed E-state index contributed by atoms with van der Waals surface area (Å²) in [5.41, 5.74) is 5.69. The summed E-state index contributed by atoms with van der Waals surface area (Å²) >= 11 is 0. The molecule has 1 amide bonds. The Morgan fingerprint density at radius 2 is 2.33 bits per heavy atom. The molecule has 2 heterocycles. The summed E-state index contributed by atoms with van der Waals surface area (Å²) in [7, 11) is 0. The Labute approximate surface area is 106 Å². The number of amides is 1. The number of hydrogen-bond acceptors (Lipinski definition) is 6. The second-order valence-corrected chi connectivity index (χ2v) is 4.09. The van der Waals surface area contributed by atoms with Gasteiger partial charge >= 0.3 is 0 Å². The molecule has 0 aliphatic carbocycles. The zero-order chi connectivity index (χ0) is 13.0. The van der Waals surface area contributed by atoms with Crippen LogP contribution in [0.4, 0.5) is 17.6 Å². The molecule has 0 unspecified atom stereocenters. The second kappa shape index (κ2) is 5.52. The maximum Gasteiger partial charge on any atom is 0.223 e. The van der Waals surface area contributed by atoms with Crippen LogP contribution >= 0.6 is 0 Å². The molecule has 1 aromatic heterocycles. The predicted molar refractivity (Wildman–Crippen MR) is 70.4 cm³/mol. The van der Waals surface area contributed by atoms with Crippen molar-refractivity contribution in [2.24, 2.45) is 0 Å². The molecule has 0 aromatic carbocycles. The minimum absolute atomic E-state index is 0.0754. The SMILES string of the molecule is CCNc1cc(N2CCNC(=O)CC2)nc(N)n1. The summed E-state index contributed by atoms with van der Waals surface area (Å²) in [6, 6.07) is 1.86. The summed E-state index contributed by atoms with van der Waals surface area (Å²) < 4.78 is 0. The summed E-state index contributed by atoms with van der Waals surface area (Å²) in [6.45, 7) is 4.77. The van der Waals surface area contributed by atoms with E-state index in [9.17, 15) is 4.79 Å². The third kappa shape index (κ3) is 2.99. The zero-order valence-corrected chi connectivity index (χ0v) is 10.4. The Hall–Kier alpha value is -2.05. The number of nitrogens with zero attached hydrogens (tertiary/aromatic N) is 3. The molecule has 7 heteroatoms. The van der Waals surface area contributed by atoms with Crippen LogP contribution < -0.4 is 21.3 Å². The highest BCUT2D eigenvalue weighted by atomic mass is 16.1.